The van der Waals surface area contributed by atoms with E-state index in [9.17, 15) is 4.79 Å². The van der Waals surface area contributed by atoms with E-state index in [-0.39, 0.29) is 5.91 Å². The van der Waals surface area contributed by atoms with Crippen molar-refractivity contribution < 1.29 is 4.79 Å². The zero-order valence-corrected chi connectivity index (χ0v) is 14.1. The molecule has 1 fully saturated rings. The lowest BCUT2D eigenvalue weighted by molar-refractivity contribution is -0.122. The lowest BCUT2D eigenvalue weighted by Crippen LogP contribution is -2.30. The number of thiocarbonyl (C=S) groups is 1. The molecule has 5 nitrogen and oxygen atoms in total. The van der Waals surface area contributed by atoms with Gasteiger partial charge in [-0.2, -0.15) is 0 Å². The zero-order valence-electron chi connectivity index (χ0n) is 13.3. The molecule has 0 aliphatic carbocycles. The predicted octanol–water partition coefficient (Wildman–Crippen LogP) is 2.57. The zero-order chi connectivity index (χ0) is 16.6. The predicted molar refractivity (Wildman–Crippen MR) is 94.1 cm³/mol. The summed E-state index contributed by atoms with van der Waals surface area (Å²) in [5.74, 6) is -0.0799. The molecule has 1 amide bonds. The van der Waals surface area contributed by atoms with Crippen LogP contribution < -0.4 is 5.32 Å². The summed E-state index contributed by atoms with van der Waals surface area (Å²) < 4.78 is 2.12. The number of aryl methyl sites for hydroxylation is 1. The Bertz CT molecular complexity index is 808. The third kappa shape index (κ3) is 2.66. The number of likely N-dealkylation sites (N-methyl/N-ethyl adjacent to an activating group) is 1. The van der Waals surface area contributed by atoms with Gasteiger partial charge >= 0.3 is 0 Å². The van der Waals surface area contributed by atoms with E-state index in [0.29, 0.717) is 17.4 Å². The molecule has 1 N–H and O–H groups in total. The minimum atomic E-state index is -0.0799. The molecule has 0 saturated carbocycles. The molecule has 3 heterocycles. The normalized spacial score (nSPS) is 16.3. The van der Waals surface area contributed by atoms with Crippen molar-refractivity contribution in [2.75, 3.05) is 6.54 Å². The third-order valence-electron chi connectivity index (χ3n) is 3.95. The van der Waals surface area contributed by atoms with Gasteiger partial charge < -0.3 is 9.88 Å². The average molecular weight is 326 g/mol. The average Bonchev–Trinajstić information content (AvgIpc) is 2.96. The maximum atomic E-state index is 12.3. The maximum absolute atomic E-state index is 12.3. The van der Waals surface area contributed by atoms with E-state index < -0.39 is 0 Å². The molecule has 118 valence electrons. The molecular formula is C17H18N4OS. The number of hydrogen-bond acceptors (Lipinski definition) is 3. The number of nitrogens with one attached hydrogen (secondary N) is 1. The molecule has 23 heavy (non-hydrogen) atoms. The summed E-state index contributed by atoms with van der Waals surface area (Å²) >= 11 is 5.19. The van der Waals surface area contributed by atoms with Gasteiger partial charge in [-0.15, -0.1) is 0 Å². The highest BCUT2D eigenvalue weighted by molar-refractivity contribution is 7.80. The highest BCUT2D eigenvalue weighted by atomic mass is 32.1. The summed E-state index contributed by atoms with van der Waals surface area (Å²) in [6, 6.07) is 5.98. The fourth-order valence-electron chi connectivity index (χ4n) is 2.83. The summed E-state index contributed by atoms with van der Waals surface area (Å²) in [5.41, 5.74) is 4.65. The van der Waals surface area contributed by atoms with Crippen molar-refractivity contribution in [3.05, 3.63) is 53.2 Å². The first kappa shape index (κ1) is 15.4. The van der Waals surface area contributed by atoms with Crippen molar-refractivity contribution in [1.82, 2.24) is 19.8 Å². The lowest BCUT2D eigenvalue weighted by atomic mass is 10.2. The van der Waals surface area contributed by atoms with E-state index >= 15 is 0 Å². The maximum Gasteiger partial charge on any atom is 0.276 e. The van der Waals surface area contributed by atoms with E-state index in [2.05, 4.69) is 20.9 Å². The van der Waals surface area contributed by atoms with Crippen molar-refractivity contribution >= 4 is 29.3 Å². The second kappa shape index (κ2) is 5.96. The molecule has 1 aliphatic heterocycles. The van der Waals surface area contributed by atoms with Crippen LogP contribution in [0.4, 0.5) is 0 Å². The third-order valence-corrected chi connectivity index (χ3v) is 4.28. The number of aromatic nitrogens is 2. The first-order valence-electron chi connectivity index (χ1n) is 7.46. The second-order valence-corrected chi connectivity index (χ2v) is 5.80. The molecule has 1 aliphatic rings. The van der Waals surface area contributed by atoms with Crippen LogP contribution in [0.25, 0.3) is 11.8 Å². The number of nitrogens with zero attached hydrogens (tertiary/aromatic N) is 3. The topological polar surface area (TPSA) is 50.2 Å². The van der Waals surface area contributed by atoms with Gasteiger partial charge in [0.05, 0.1) is 11.9 Å². The molecular weight excluding hydrogens is 308 g/mol. The van der Waals surface area contributed by atoms with Gasteiger partial charge in [0.2, 0.25) is 0 Å². The first-order chi connectivity index (χ1) is 11.0. The minimum Gasteiger partial charge on any atom is -0.328 e. The second-order valence-electron chi connectivity index (χ2n) is 5.41. The van der Waals surface area contributed by atoms with Gasteiger partial charge in [-0.05, 0) is 62.8 Å². The molecule has 2 aromatic heterocycles. The van der Waals surface area contributed by atoms with E-state index in [1.54, 1.807) is 11.1 Å². The van der Waals surface area contributed by atoms with Crippen molar-refractivity contribution in [3.63, 3.8) is 0 Å². The van der Waals surface area contributed by atoms with E-state index in [1.807, 2.05) is 45.2 Å². The minimum absolute atomic E-state index is 0.0799. The fraction of sp³-hybridized carbons (Fsp3) is 0.235. The standard InChI is InChI=1S/C17H18N4OS/c1-4-20-16(22)15(19-17(20)23)9-13-8-11(2)21(12(13)3)14-6-5-7-18-10-14/h5-10H,4H2,1-3H3,(H,19,23)/b15-9-. The highest BCUT2D eigenvalue weighted by Crippen LogP contribution is 2.23. The van der Waals surface area contributed by atoms with Crippen molar-refractivity contribution in [2.45, 2.75) is 20.8 Å². The van der Waals surface area contributed by atoms with Crippen LogP contribution in [0.15, 0.2) is 36.3 Å². The Morgan fingerprint density at radius 2 is 2.17 bits per heavy atom. The van der Waals surface area contributed by atoms with Gasteiger partial charge in [-0.25, -0.2) is 0 Å². The van der Waals surface area contributed by atoms with Gasteiger partial charge in [-0.1, -0.05) is 0 Å². The summed E-state index contributed by atoms with van der Waals surface area (Å²) in [7, 11) is 0. The Hall–Kier alpha value is -2.47. The molecule has 0 atom stereocenters. The Morgan fingerprint density at radius 1 is 1.39 bits per heavy atom. The summed E-state index contributed by atoms with van der Waals surface area (Å²) in [6.45, 7) is 6.54. The van der Waals surface area contributed by atoms with Crippen LogP contribution in [0.2, 0.25) is 0 Å². The molecule has 2 aromatic rings. The van der Waals surface area contributed by atoms with Gasteiger partial charge in [0.15, 0.2) is 5.11 Å². The molecule has 0 radical (unpaired) electrons. The molecule has 1 saturated heterocycles. The molecule has 0 spiro atoms. The number of amides is 1. The van der Waals surface area contributed by atoms with Gasteiger partial charge in [0, 0.05) is 24.1 Å². The fourth-order valence-corrected chi connectivity index (χ4v) is 3.15. The van der Waals surface area contributed by atoms with Gasteiger partial charge in [-0.3, -0.25) is 14.7 Å². The molecule has 3 rings (SSSR count). The first-order valence-corrected chi connectivity index (χ1v) is 7.87. The number of carbonyl (C=O) groups is 1. The van der Waals surface area contributed by atoms with Crippen molar-refractivity contribution in [2.24, 2.45) is 0 Å². The number of rotatable bonds is 3. The van der Waals surface area contributed by atoms with E-state index in [1.165, 1.54) is 0 Å². The van der Waals surface area contributed by atoms with Crippen LogP contribution in [-0.4, -0.2) is 32.0 Å². The Kier molecular flexibility index (Phi) is 4.00. The van der Waals surface area contributed by atoms with Crippen molar-refractivity contribution in [3.8, 4) is 5.69 Å². The van der Waals surface area contributed by atoms with Crippen LogP contribution in [0, 0.1) is 13.8 Å². The number of hydrogen-bond donors (Lipinski definition) is 1. The van der Waals surface area contributed by atoms with Crippen LogP contribution in [0.3, 0.4) is 0 Å². The molecule has 0 aromatic carbocycles. The molecule has 0 unspecified atom stereocenters. The number of pyridine rings is 1. The highest BCUT2D eigenvalue weighted by Gasteiger charge is 2.29. The number of carbonyl (C=O) groups excluding carboxylic acids is 1. The smallest absolute Gasteiger partial charge is 0.276 e. The monoisotopic (exact) mass is 326 g/mol. The SMILES string of the molecule is CCN1C(=O)/C(=C/c2cc(C)n(-c3cccnc3)c2C)NC1=S. The summed E-state index contributed by atoms with van der Waals surface area (Å²) in [4.78, 5) is 18.0. The van der Waals surface area contributed by atoms with Crippen LogP contribution in [-0.2, 0) is 4.79 Å². The summed E-state index contributed by atoms with van der Waals surface area (Å²) in [5, 5.41) is 3.46. The molecule has 6 heteroatoms. The van der Waals surface area contributed by atoms with Crippen LogP contribution in [0.5, 0.6) is 0 Å². The Balaban J connectivity index is 2.02. The Labute approximate surface area is 140 Å². The van der Waals surface area contributed by atoms with Crippen LogP contribution in [0.1, 0.15) is 23.9 Å². The van der Waals surface area contributed by atoms with E-state index in [4.69, 9.17) is 12.2 Å². The largest absolute Gasteiger partial charge is 0.328 e. The molecule has 0 bridgehead atoms. The Morgan fingerprint density at radius 3 is 2.78 bits per heavy atom. The van der Waals surface area contributed by atoms with E-state index in [0.717, 1.165) is 22.6 Å². The lowest BCUT2D eigenvalue weighted by Gasteiger charge is -2.09. The quantitative estimate of drug-likeness (QED) is 0.696. The van der Waals surface area contributed by atoms with Crippen LogP contribution >= 0.6 is 12.2 Å². The summed E-state index contributed by atoms with van der Waals surface area (Å²) in [6.07, 6.45) is 5.44. The van der Waals surface area contributed by atoms with Gasteiger partial charge in [0.25, 0.3) is 5.91 Å². The van der Waals surface area contributed by atoms with Gasteiger partial charge in [0.1, 0.15) is 5.70 Å². The van der Waals surface area contributed by atoms with Crippen molar-refractivity contribution in [1.29, 1.82) is 0 Å².